The Bertz CT molecular complexity index is 613. The maximum absolute atomic E-state index is 4.37. The third-order valence-corrected chi connectivity index (χ3v) is 3.91. The summed E-state index contributed by atoms with van der Waals surface area (Å²) in [6, 6.07) is 9.93. The molecule has 0 saturated heterocycles. The van der Waals surface area contributed by atoms with Crippen LogP contribution >= 0.6 is 27.3 Å². The molecule has 0 unspecified atom stereocenters. The molecule has 0 aliphatic heterocycles. The zero-order valence-electron chi connectivity index (χ0n) is 8.80. The van der Waals surface area contributed by atoms with Crippen molar-refractivity contribution in [2.45, 2.75) is 6.54 Å². The summed E-state index contributed by atoms with van der Waals surface area (Å²) in [6.07, 6.45) is 1.88. The molecule has 3 aromatic heterocycles. The molecule has 3 aromatic rings. The second-order valence-corrected chi connectivity index (χ2v) is 6.05. The molecule has 0 bridgehead atoms. The third-order valence-electron chi connectivity index (χ3n) is 2.29. The maximum Gasteiger partial charge on any atom is 0.243 e. The number of thiophene rings is 1. The molecule has 6 heteroatoms. The molecule has 0 fully saturated rings. The van der Waals surface area contributed by atoms with Crippen LogP contribution in [0.1, 0.15) is 4.88 Å². The van der Waals surface area contributed by atoms with E-state index in [1.807, 2.05) is 30.5 Å². The second kappa shape index (κ2) is 4.46. The van der Waals surface area contributed by atoms with Gasteiger partial charge in [0.05, 0.1) is 10.3 Å². The lowest BCUT2D eigenvalue weighted by atomic mass is 10.5. The Kier molecular flexibility index (Phi) is 2.82. The predicted molar refractivity (Wildman–Crippen MR) is 72.3 cm³/mol. The van der Waals surface area contributed by atoms with E-state index in [4.69, 9.17) is 0 Å². The number of aromatic nitrogens is 3. The molecule has 3 heterocycles. The molecule has 0 aliphatic carbocycles. The number of nitrogens with zero attached hydrogens (tertiary/aromatic N) is 3. The van der Waals surface area contributed by atoms with Crippen LogP contribution in [0.4, 0.5) is 5.95 Å². The highest BCUT2D eigenvalue weighted by Crippen LogP contribution is 2.22. The zero-order chi connectivity index (χ0) is 11.7. The van der Waals surface area contributed by atoms with Crippen LogP contribution in [0.15, 0.2) is 40.3 Å². The number of pyridine rings is 1. The van der Waals surface area contributed by atoms with E-state index in [1.165, 1.54) is 4.88 Å². The molecule has 0 amide bonds. The van der Waals surface area contributed by atoms with E-state index >= 15 is 0 Å². The van der Waals surface area contributed by atoms with Gasteiger partial charge in [-0.15, -0.1) is 16.4 Å². The van der Waals surface area contributed by atoms with E-state index in [-0.39, 0.29) is 0 Å². The van der Waals surface area contributed by atoms with Crippen LogP contribution in [-0.4, -0.2) is 14.6 Å². The van der Waals surface area contributed by atoms with Gasteiger partial charge in [-0.1, -0.05) is 6.07 Å². The van der Waals surface area contributed by atoms with Crippen LogP contribution in [0.2, 0.25) is 0 Å². The Morgan fingerprint density at radius 2 is 2.24 bits per heavy atom. The number of rotatable bonds is 3. The fraction of sp³-hybridized carbons (Fsp3) is 0.0909. The van der Waals surface area contributed by atoms with E-state index < -0.39 is 0 Å². The molecule has 4 nitrogen and oxygen atoms in total. The molecule has 0 radical (unpaired) electrons. The summed E-state index contributed by atoms with van der Waals surface area (Å²) in [6.45, 7) is 0.743. The monoisotopic (exact) mass is 308 g/mol. The van der Waals surface area contributed by atoms with Gasteiger partial charge in [-0.2, -0.15) is 4.98 Å². The van der Waals surface area contributed by atoms with Gasteiger partial charge in [-0.3, -0.25) is 0 Å². The highest BCUT2D eigenvalue weighted by Gasteiger charge is 2.03. The topological polar surface area (TPSA) is 42.2 Å². The van der Waals surface area contributed by atoms with Gasteiger partial charge in [0, 0.05) is 11.1 Å². The Balaban J connectivity index is 1.76. The van der Waals surface area contributed by atoms with E-state index in [0.29, 0.717) is 5.95 Å². The van der Waals surface area contributed by atoms with Gasteiger partial charge >= 0.3 is 0 Å². The quantitative estimate of drug-likeness (QED) is 0.808. The zero-order valence-corrected chi connectivity index (χ0v) is 11.2. The predicted octanol–water partition coefficient (Wildman–Crippen LogP) is 3.17. The number of fused-ring (bicyclic) bond motifs is 1. The Hall–Kier alpha value is -1.40. The summed E-state index contributed by atoms with van der Waals surface area (Å²) in [5.74, 6) is 0.653. The standard InChI is InChI=1S/C11H9BrN4S/c12-9-5-4-8(17-9)7-13-11-14-10-3-1-2-6-16(10)15-11/h1-6H,7H2,(H,13,15). The van der Waals surface area contributed by atoms with Crippen molar-refractivity contribution in [3.8, 4) is 0 Å². The number of anilines is 1. The maximum atomic E-state index is 4.37. The second-order valence-electron chi connectivity index (χ2n) is 3.50. The molecular weight excluding hydrogens is 300 g/mol. The van der Waals surface area contributed by atoms with E-state index in [1.54, 1.807) is 15.9 Å². The van der Waals surface area contributed by atoms with Crippen molar-refractivity contribution in [2.24, 2.45) is 0 Å². The van der Waals surface area contributed by atoms with E-state index in [9.17, 15) is 0 Å². The third kappa shape index (κ3) is 2.32. The van der Waals surface area contributed by atoms with Crippen molar-refractivity contribution in [3.05, 3.63) is 45.2 Å². The molecule has 0 aliphatic rings. The number of nitrogens with one attached hydrogen (secondary N) is 1. The molecule has 17 heavy (non-hydrogen) atoms. The van der Waals surface area contributed by atoms with Crippen molar-refractivity contribution >= 4 is 38.9 Å². The van der Waals surface area contributed by atoms with Crippen LogP contribution in [-0.2, 0) is 6.54 Å². The van der Waals surface area contributed by atoms with Crippen LogP contribution in [0.5, 0.6) is 0 Å². The first-order valence-electron chi connectivity index (χ1n) is 5.11. The Morgan fingerprint density at radius 3 is 3.00 bits per heavy atom. The average molecular weight is 309 g/mol. The minimum Gasteiger partial charge on any atom is -0.348 e. The van der Waals surface area contributed by atoms with Gasteiger partial charge in [-0.25, -0.2) is 4.52 Å². The van der Waals surface area contributed by atoms with Crippen molar-refractivity contribution in [2.75, 3.05) is 5.32 Å². The first-order chi connectivity index (χ1) is 8.31. The minimum atomic E-state index is 0.653. The van der Waals surface area contributed by atoms with Gasteiger partial charge in [-0.05, 0) is 40.2 Å². The van der Waals surface area contributed by atoms with Crippen LogP contribution in [0.3, 0.4) is 0 Å². The summed E-state index contributed by atoms with van der Waals surface area (Å²) >= 11 is 5.15. The normalized spacial score (nSPS) is 10.9. The average Bonchev–Trinajstić information content (AvgIpc) is 2.91. The molecular formula is C11H9BrN4S. The first-order valence-corrected chi connectivity index (χ1v) is 6.72. The van der Waals surface area contributed by atoms with Crippen LogP contribution < -0.4 is 5.32 Å². The summed E-state index contributed by atoms with van der Waals surface area (Å²) in [4.78, 5) is 5.61. The molecule has 3 rings (SSSR count). The van der Waals surface area contributed by atoms with Crippen LogP contribution in [0, 0.1) is 0 Å². The molecule has 1 N–H and O–H groups in total. The van der Waals surface area contributed by atoms with Crippen molar-refractivity contribution < 1.29 is 0 Å². The largest absolute Gasteiger partial charge is 0.348 e. The summed E-state index contributed by atoms with van der Waals surface area (Å²) < 4.78 is 2.89. The highest BCUT2D eigenvalue weighted by atomic mass is 79.9. The van der Waals surface area contributed by atoms with Gasteiger partial charge in [0.25, 0.3) is 0 Å². The van der Waals surface area contributed by atoms with E-state index in [2.05, 4.69) is 37.4 Å². The van der Waals surface area contributed by atoms with Gasteiger partial charge in [0.15, 0.2) is 5.65 Å². The van der Waals surface area contributed by atoms with Gasteiger partial charge in [0.2, 0.25) is 5.95 Å². The van der Waals surface area contributed by atoms with Crippen molar-refractivity contribution in [1.82, 2.24) is 14.6 Å². The molecule has 0 spiro atoms. The summed E-state index contributed by atoms with van der Waals surface area (Å²) in [7, 11) is 0. The molecule has 86 valence electrons. The lowest BCUT2D eigenvalue weighted by Crippen LogP contribution is -1.99. The van der Waals surface area contributed by atoms with Gasteiger partial charge < -0.3 is 5.32 Å². The van der Waals surface area contributed by atoms with Gasteiger partial charge in [0.1, 0.15) is 0 Å². The van der Waals surface area contributed by atoms with Crippen LogP contribution in [0.25, 0.3) is 5.65 Å². The van der Waals surface area contributed by atoms with Crippen molar-refractivity contribution in [1.29, 1.82) is 0 Å². The minimum absolute atomic E-state index is 0.653. The summed E-state index contributed by atoms with van der Waals surface area (Å²) in [5, 5.41) is 7.53. The highest BCUT2D eigenvalue weighted by molar-refractivity contribution is 9.11. The molecule has 0 aromatic carbocycles. The van der Waals surface area contributed by atoms with E-state index in [0.717, 1.165) is 16.0 Å². The summed E-state index contributed by atoms with van der Waals surface area (Å²) in [5.41, 5.74) is 0.849. The Morgan fingerprint density at radius 1 is 1.29 bits per heavy atom. The van der Waals surface area contributed by atoms with Crippen molar-refractivity contribution in [3.63, 3.8) is 0 Å². The Labute approximate surface area is 110 Å². The molecule has 0 saturated carbocycles. The first kappa shape index (κ1) is 10.7. The lowest BCUT2D eigenvalue weighted by molar-refractivity contribution is 0.952. The number of hydrogen-bond donors (Lipinski definition) is 1. The smallest absolute Gasteiger partial charge is 0.243 e. The SMILES string of the molecule is Brc1ccc(CNc2nc3ccccn3n2)s1. The molecule has 0 atom stereocenters. The fourth-order valence-corrected chi connectivity index (χ4v) is 2.94. The number of hydrogen-bond acceptors (Lipinski definition) is 4. The fourth-order valence-electron chi connectivity index (χ4n) is 1.52. The number of halogens is 1. The lowest BCUT2D eigenvalue weighted by Gasteiger charge is -1.97.